The predicted octanol–water partition coefficient (Wildman–Crippen LogP) is 6.77. The minimum absolute atomic E-state index is 0.315. The maximum Gasteiger partial charge on any atom is 0.163 e. The van der Waals surface area contributed by atoms with Crippen molar-refractivity contribution in [3.05, 3.63) is 83.4 Å². The van der Waals surface area contributed by atoms with Crippen molar-refractivity contribution < 1.29 is 0 Å². The van der Waals surface area contributed by atoms with Crippen molar-refractivity contribution in [3.8, 4) is 17.2 Å². The highest BCUT2D eigenvalue weighted by atomic mass is 15.3. The maximum absolute atomic E-state index is 9.93. The molecule has 2 heterocycles. The fourth-order valence-electron chi connectivity index (χ4n) is 5.17. The zero-order valence-electron chi connectivity index (χ0n) is 18.8. The second-order valence-electron chi connectivity index (χ2n) is 9.13. The van der Waals surface area contributed by atoms with Gasteiger partial charge in [0.05, 0.1) is 23.1 Å². The van der Waals surface area contributed by atoms with Crippen LogP contribution in [0.1, 0.15) is 67.5 Å². The summed E-state index contributed by atoms with van der Waals surface area (Å²) in [6, 6.07) is 11.0. The molecule has 3 aromatic rings. The van der Waals surface area contributed by atoms with Crippen LogP contribution in [0, 0.1) is 24.2 Å². The smallest absolute Gasteiger partial charge is 0.163 e. The zero-order chi connectivity index (χ0) is 22.2. The summed E-state index contributed by atoms with van der Waals surface area (Å²) in [6.07, 6.45) is 13.8. The third-order valence-electron chi connectivity index (χ3n) is 7.13. The van der Waals surface area contributed by atoms with Crippen LogP contribution in [-0.2, 0) is 0 Å². The highest BCUT2D eigenvalue weighted by Crippen LogP contribution is 2.40. The van der Waals surface area contributed by atoms with Gasteiger partial charge in [0.2, 0.25) is 0 Å². The van der Waals surface area contributed by atoms with Crippen molar-refractivity contribution in [3.63, 3.8) is 0 Å². The summed E-state index contributed by atoms with van der Waals surface area (Å²) in [5.74, 6) is 0.908. The van der Waals surface area contributed by atoms with Gasteiger partial charge >= 0.3 is 0 Å². The van der Waals surface area contributed by atoms with E-state index in [9.17, 15) is 5.26 Å². The van der Waals surface area contributed by atoms with E-state index in [0.29, 0.717) is 17.4 Å². The number of nitrogens with zero attached hydrogens (tertiary/aromatic N) is 4. The number of allylic oxidation sites excluding steroid dienone is 5. The van der Waals surface area contributed by atoms with Gasteiger partial charge in [0.25, 0.3) is 0 Å². The molecule has 0 bridgehead atoms. The Balaban J connectivity index is 1.54. The Labute approximate surface area is 189 Å². The zero-order valence-corrected chi connectivity index (χ0v) is 18.8. The fourth-order valence-corrected chi connectivity index (χ4v) is 5.17. The quantitative estimate of drug-likeness (QED) is 0.438. The number of aromatic nitrogens is 3. The van der Waals surface area contributed by atoms with Crippen molar-refractivity contribution in [2.75, 3.05) is 0 Å². The van der Waals surface area contributed by atoms with Gasteiger partial charge in [0.1, 0.15) is 6.07 Å². The number of fused-ring (bicyclic) bond motifs is 1. The summed E-state index contributed by atoms with van der Waals surface area (Å²) < 4.78 is 1.83. The molecule has 32 heavy (non-hydrogen) atoms. The largest absolute Gasteiger partial charge is 0.231 e. The molecule has 160 valence electrons. The first kappa shape index (κ1) is 20.5. The summed E-state index contributed by atoms with van der Waals surface area (Å²) in [5, 5.41) is 14.5. The first-order valence-electron chi connectivity index (χ1n) is 11.5. The van der Waals surface area contributed by atoms with Crippen LogP contribution >= 0.6 is 0 Å². The molecule has 1 aromatic carbocycles. The number of nitriles is 1. The summed E-state index contributed by atoms with van der Waals surface area (Å²) in [6.45, 7) is 8.26. The third kappa shape index (κ3) is 3.48. The first-order valence-corrected chi connectivity index (χ1v) is 11.5. The van der Waals surface area contributed by atoms with E-state index in [0.717, 1.165) is 60.3 Å². The Kier molecular flexibility index (Phi) is 5.27. The average molecular weight is 421 g/mol. The molecule has 0 spiro atoms. The van der Waals surface area contributed by atoms with Crippen molar-refractivity contribution >= 4 is 11.2 Å². The van der Waals surface area contributed by atoms with E-state index in [-0.39, 0.29) is 0 Å². The lowest BCUT2D eigenvalue weighted by Gasteiger charge is -2.29. The molecule has 5 rings (SSSR count). The predicted molar refractivity (Wildman–Crippen MR) is 129 cm³/mol. The lowest BCUT2D eigenvalue weighted by molar-refractivity contribution is 0.359. The molecule has 0 amide bonds. The average Bonchev–Trinajstić information content (AvgIpc) is 3.50. The minimum atomic E-state index is 0.315. The summed E-state index contributed by atoms with van der Waals surface area (Å²) >= 11 is 0. The normalized spacial score (nSPS) is 20.3. The first-order chi connectivity index (χ1) is 15.6. The van der Waals surface area contributed by atoms with E-state index in [1.54, 1.807) is 0 Å². The summed E-state index contributed by atoms with van der Waals surface area (Å²) in [4.78, 5) is 5.07. The van der Waals surface area contributed by atoms with Crippen molar-refractivity contribution in [1.82, 2.24) is 14.6 Å². The van der Waals surface area contributed by atoms with E-state index in [1.165, 1.54) is 16.7 Å². The van der Waals surface area contributed by atoms with Crippen LogP contribution in [0.15, 0.2) is 60.8 Å². The van der Waals surface area contributed by atoms with Gasteiger partial charge in [-0.15, -0.1) is 0 Å². The Morgan fingerprint density at radius 1 is 1.12 bits per heavy atom. The number of benzene rings is 1. The van der Waals surface area contributed by atoms with Crippen LogP contribution in [-0.4, -0.2) is 14.6 Å². The maximum atomic E-state index is 9.93. The molecular formula is C28H28N4. The monoisotopic (exact) mass is 420 g/mol. The summed E-state index contributed by atoms with van der Waals surface area (Å²) in [7, 11) is 0. The molecular weight excluding hydrogens is 392 g/mol. The van der Waals surface area contributed by atoms with Crippen LogP contribution in [0.4, 0.5) is 0 Å². The van der Waals surface area contributed by atoms with Crippen LogP contribution in [0.3, 0.4) is 0 Å². The Bertz CT molecular complexity index is 1290. The molecule has 0 atom stereocenters. The van der Waals surface area contributed by atoms with Crippen LogP contribution < -0.4 is 0 Å². The molecule has 4 heteroatoms. The van der Waals surface area contributed by atoms with Crippen molar-refractivity contribution in [1.29, 1.82) is 5.26 Å². The SMILES string of the molecule is C=C(C)C1CCC(c2nc3c(-c4ccc(C5=CCC=C5)cc4)cnn3c(C)c2C#N)CC1. The van der Waals surface area contributed by atoms with Gasteiger partial charge in [-0.3, -0.25) is 0 Å². The molecule has 0 radical (unpaired) electrons. The molecule has 0 N–H and O–H groups in total. The van der Waals surface area contributed by atoms with Crippen LogP contribution in [0.5, 0.6) is 0 Å². The minimum Gasteiger partial charge on any atom is -0.231 e. The molecule has 2 aromatic heterocycles. The Hall–Kier alpha value is -3.45. The molecule has 2 aliphatic rings. The van der Waals surface area contributed by atoms with E-state index in [1.807, 2.05) is 17.6 Å². The molecule has 1 saturated carbocycles. The summed E-state index contributed by atoms with van der Waals surface area (Å²) in [5.41, 5.74) is 9.22. The van der Waals surface area contributed by atoms with Gasteiger partial charge in [-0.25, -0.2) is 9.50 Å². The Morgan fingerprint density at radius 3 is 2.47 bits per heavy atom. The molecule has 2 aliphatic carbocycles. The number of aryl methyl sites for hydroxylation is 1. The van der Waals surface area contributed by atoms with Gasteiger partial charge in [0.15, 0.2) is 5.65 Å². The van der Waals surface area contributed by atoms with Gasteiger partial charge in [-0.2, -0.15) is 10.4 Å². The van der Waals surface area contributed by atoms with E-state index in [4.69, 9.17) is 4.98 Å². The van der Waals surface area contributed by atoms with Gasteiger partial charge in [-0.05, 0) is 68.6 Å². The van der Waals surface area contributed by atoms with Crippen molar-refractivity contribution in [2.45, 2.75) is 51.9 Å². The molecule has 0 saturated heterocycles. The van der Waals surface area contributed by atoms with E-state index in [2.05, 4.69) is 67.2 Å². The third-order valence-corrected chi connectivity index (χ3v) is 7.13. The van der Waals surface area contributed by atoms with Gasteiger partial charge < -0.3 is 0 Å². The van der Waals surface area contributed by atoms with Gasteiger partial charge in [-0.1, -0.05) is 54.6 Å². The molecule has 1 fully saturated rings. The topological polar surface area (TPSA) is 54.0 Å². The highest BCUT2D eigenvalue weighted by molar-refractivity contribution is 5.81. The Morgan fingerprint density at radius 2 is 1.84 bits per heavy atom. The molecule has 4 nitrogen and oxygen atoms in total. The van der Waals surface area contributed by atoms with E-state index < -0.39 is 0 Å². The van der Waals surface area contributed by atoms with Crippen LogP contribution in [0.25, 0.3) is 22.3 Å². The fraction of sp³-hybridized carbons (Fsp3) is 0.321. The lowest BCUT2D eigenvalue weighted by atomic mass is 9.77. The second kappa shape index (κ2) is 8.24. The second-order valence-corrected chi connectivity index (χ2v) is 9.13. The van der Waals surface area contributed by atoms with Gasteiger partial charge in [0, 0.05) is 11.5 Å². The van der Waals surface area contributed by atoms with Crippen molar-refractivity contribution in [2.24, 2.45) is 5.92 Å². The van der Waals surface area contributed by atoms with Crippen LogP contribution in [0.2, 0.25) is 0 Å². The molecule has 0 unspecified atom stereocenters. The van der Waals surface area contributed by atoms with E-state index >= 15 is 0 Å². The lowest BCUT2D eigenvalue weighted by Crippen LogP contribution is -2.17. The number of hydrogen-bond donors (Lipinski definition) is 0. The number of hydrogen-bond acceptors (Lipinski definition) is 3. The number of rotatable bonds is 4. The molecule has 0 aliphatic heterocycles. The highest BCUT2D eigenvalue weighted by Gasteiger charge is 2.28. The standard InChI is InChI=1S/C28H28N4/c1-18(2)20-8-14-24(15-9-20)27-25(16-29)19(3)32-28(31-27)26(17-30-32)23-12-10-22(11-13-23)21-6-4-5-7-21/h4,6-7,10-13,17,20,24H,1,5,8-9,14-15H2,2-3H3.